The fraction of sp³-hybridized carbons (Fsp3) is 0.348. The lowest BCUT2D eigenvalue weighted by Crippen LogP contribution is -2.31. The van der Waals surface area contributed by atoms with Crippen molar-refractivity contribution in [3.63, 3.8) is 0 Å². The second-order valence-corrected chi connectivity index (χ2v) is 7.74. The van der Waals surface area contributed by atoms with E-state index in [2.05, 4.69) is 10.6 Å². The molecular formula is C23H28ClN3O4. The van der Waals surface area contributed by atoms with Crippen LogP contribution < -0.4 is 15.4 Å². The number of amides is 2. The van der Waals surface area contributed by atoms with Gasteiger partial charge in [-0.25, -0.2) is 0 Å². The van der Waals surface area contributed by atoms with E-state index >= 15 is 0 Å². The number of anilines is 1. The summed E-state index contributed by atoms with van der Waals surface area (Å²) in [5.74, 6) is 0.228. The second-order valence-electron chi connectivity index (χ2n) is 7.33. The highest BCUT2D eigenvalue weighted by atomic mass is 35.5. The van der Waals surface area contributed by atoms with Gasteiger partial charge in [0, 0.05) is 30.8 Å². The Morgan fingerprint density at radius 1 is 1.06 bits per heavy atom. The van der Waals surface area contributed by atoms with E-state index in [9.17, 15) is 14.4 Å². The maximum atomic E-state index is 12.2. The van der Waals surface area contributed by atoms with Gasteiger partial charge in [-0.2, -0.15) is 0 Å². The predicted molar refractivity (Wildman–Crippen MR) is 122 cm³/mol. The Morgan fingerprint density at radius 2 is 1.77 bits per heavy atom. The Balaban J connectivity index is 1.75. The summed E-state index contributed by atoms with van der Waals surface area (Å²) in [7, 11) is 3.85. The predicted octanol–water partition coefficient (Wildman–Crippen LogP) is 3.63. The summed E-state index contributed by atoms with van der Waals surface area (Å²) in [5.41, 5.74) is 1.52. The normalized spacial score (nSPS) is 10.6. The largest absolute Gasteiger partial charge is 0.494 e. The Hall–Kier alpha value is -2.90. The number of ether oxygens (including phenoxy) is 1. The number of benzene rings is 2. The van der Waals surface area contributed by atoms with Gasteiger partial charge in [0.05, 0.1) is 17.2 Å². The molecule has 2 aromatic rings. The third-order valence-electron chi connectivity index (χ3n) is 4.42. The van der Waals surface area contributed by atoms with Gasteiger partial charge in [0.1, 0.15) is 5.75 Å². The Labute approximate surface area is 187 Å². The van der Waals surface area contributed by atoms with Gasteiger partial charge in [0.2, 0.25) is 5.91 Å². The molecule has 0 aliphatic heterocycles. The summed E-state index contributed by atoms with van der Waals surface area (Å²) in [6, 6.07) is 11.7. The minimum atomic E-state index is -0.252. The molecule has 0 aliphatic rings. The van der Waals surface area contributed by atoms with Gasteiger partial charge >= 0.3 is 0 Å². The summed E-state index contributed by atoms with van der Waals surface area (Å²) in [6.07, 6.45) is 0.802. The highest BCUT2D eigenvalue weighted by Gasteiger charge is 2.12. The van der Waals surface area contributed by atoms with Gasteiger partial charge in [0.25, 0.3) is 5.91 Å². The number of nitrogens with one attached hydrogen (secondary N) is 2. The highest BCUT2D eigenvalue weighted by molar-refractivity contribution is 6.34. The molecule has 0 radical (unpaired) electrons. The lowest BCUT2D eigenvalue weighted by molar-refractivity contribution is -0.116. The first-order valence-electron chi connectivity index (χ1n) is 10.0. The molecule has 0 spiro atoms. The fourth-order valence-electron chi connectivity index (χ4n) is 2.70. The molecule has 0 aliphatic carbocycles. The quantitative estimate of drug-likeness (QED) is 0.407. The standard InChI is InChI=1S/C23H28ClN3O4/c1-16(28)17-6-9-19(10-7-17)31-14-4-5-22(29)26-18-8-11-20(21(24)15-18)23(30)25-12-13-27(2)3/h6-11,15H,4-5,12-14H2,1-3H3,(H,25,30)(H,26,29). The summed E-state index contributed by atoms with van der Waals surface area (Å²) in [5, 5.41) is 5.85. The van der Waals surface area contributed by atoms with Gasteiger partial charge in [-0.3, -0.25) is 14.4 Å². The van der Waals surface area contributed by atoms with E-state index in [0.29, 0.717) is 42.1 Å². The van der Waals surface area contributed by atoms with Crippen LogP contribution in [0.4, 0.5) is 5.69 Å². The van der Waals surface area contributed by atoms with E-state index < -0.39 is 0 Å². The number of halogens is 1. The Kier molecular flexibility index (Phi) is 9.49. The van der Waals surface area contributed by atoms with Gasteiger partial charge in [-0.05, 0) is 69.9 Å². The minimum Gasteiger partial charge on any atom is -0.494 e. The molecule has 0 atom stereocenters. The zero-order valence-corrected chi connectivity index (χ0v) is 18.8. The number of likely N-dealkylation sites (N-methyl/N-ethyl adjacent to an activating group) is 1. The molecule has 0 aromatic heterocycles. The molecule has 2 rings (SSSR count). The van der Waals surface area contributed by atoms with Crippen molar-refractivity contribution >= 4 is 34.9 Å². The lowest BCUT2D eigenvalue weighted by Gasteiger charge is -2.12. The van der Waals surface area contributed by atoms with Crippen LogP contribution in [0.15, 0.2) is 42.5 Å². The van der Waals surface area contributed by atoms with Crippen molar-refractivity contribution in [3.05, 3.63) is 58.6 Å². The Morgan fingerprint density at radius 3 is 2.39 bits per heavy atom. The molecule has 166 valence electrons. The van der Waals surface area contributed by atoms with Crippen LogP contribution in [0.5, 0.6) is 5.75 Å². The van der Waals surface area contributed by atoms with Crippen LogP contribution in [-0.4, -0.2) is 56.3 Å². The van der Waals surface area contributed by atoms with Crippen molar-refractivity contribution in [3.8, 4) is 5.75 Å². The lowest BCUT2D eigenvalue weighted by atomic mass is 10.1. The molecule has 0 fully saturated rings. The number of carbonyl (C=O) groups excluding carboxylic acids is 3. The van der Waals surface area contributed by atoms with Crippen LogP contribution in [-0.2, 0) is 4.79 Å². The molecule has 0 heterocycles. The van der Waals surface area contributed by atoms with E-state index in [4.69, 9.17) is 16.3 Å². The second kappa shape index (κ2) is 12.1. The number of hydrogen-bond acceptors (Lipinski definition) is 5. The van der Waals surface area contributed by atoms with Crippen LogP contribution >= 0.6 is 11.6 Å². The van der Waals surface area contributed by atoms with Crippen molar-refractivity contribution in [1.82, 2.24) is 10.2 Å². The van der Waals surface area contributed by atoms with Crippen molar-refractivity contribution in [2.45, 2.75) is 19.8 Å². The average Bonchev–Trinajstić information content (AvgIpc) is 2.71. The molecule has 8 heteroatoms. The van der Waals surface area contributed by atoms with E-state index in [1.807, 2.05) is 19.0 Å². The van der Waals surface area contributed by atoms with Gasteiger partial charge in [-0.15, -0.1) is 0 Å². The number of rotatable bonds is 11. The monoisotopic (exact) mass is 445 g/mol. The van der Waals surface area contributed by atoms with Crippen molar-refractivity contribution in [2.75, 3.05) is 39.1 Å². The number of carbonyl (C=O) groups is 3. The van der Waals surface area contributed by atoms with Crippen LogP contribution in [0.1, 0.15) is 40.5 Å². The van der Waals surface area contributed by atoms with Gasteiger partial charge in [0.15, 0.2) is 5.78 Å². The molecule has 31 heavy (non-hydrogen) atoms. The van der Waals surface area contributed by atoms with Gasteiger partial charge in [-0.1, -0.05) is 11.6 Å². The topological polar surface area (TPSA) is 87.7 Å². The third kappa shape index (κ3) is 8.39. The maximum absolute atomic E-state index is 12.2. The maximum Gasteiger partial charge on any atom is 0.252 e. The minimum absolute atomic E-state index is 0.00122. The molecular weight excluding hydrogens is 418 g/mol. The van der Waals surface area contributed by atoms with E-state index in [-0.39, 0.29) is 29.0 Å². The molecule has 2 amide bonds. The zero-order valence-electron chi connectivity index (χ0n) is 18.0. The van der Waals surface area contributed by atoms with E-state index in [1.54, 1.807) is 42.5 Å². The molecule has 2 N–H and O–H groups in total. The number of hydrogen-bond donors (Lipinski definition) is 2. The summed E-state index contributed by atoms with van der Waals surface area (Å²) in [4.78, 5) is 37.6. The first-order valence-corrected chi connectivity index (χ1v) is 10.4. The Bertz CT molecular complexity index is 914. The molecule has 0 saturated carbocycles. The smallest absolute Gasteiger partial charge is 0.252 e. The molecule has 0 unspecified atom stereocenters. The summed E-state index contributed by atoms with van der Waals surface area (Å²) < 4.78 is 5.59. The number of ketones is 1. The van der Waals surface area contributed by atoms with Crippen LogP contribution in [0.25, 0.3) is 0 Å². The van der Waals surface area contributed by atoms with Crippen LogP contribution in [0.2, 0.25) is 5.02 Å². The van der Waals surface area contributed by atoms with E-state index in [1.165, 1.54) is 6.92 Å². The van der Waals surface area contributed by atoms with Crippen molar-refractivity contribution in [1.29, 1.82) is 0 Å². The SMILES string of the molecule is CC(=O)c1ccc(OCCCC(=O)Nc2ccc(C(=O)NCCN(C)C)c(Cl)c2)cc1. The zero-order chi connectivity index (χ0) is 22.8. The molecule has 7 nitrogen and oxygen atoms in total. The molecule has 0 saturated heterocycles. The number of nitrogens with zero attached hydrogens (tertiary/aromatic N) is 1. The van der Waals surface area contributed by atoms with Crippen LogP contribution in [0, 0.1) is 0 Å². The van der Waals surface area contributed by atoms with Crippen molar-refractivity contribution in [2.24, 2.45) is 0 Å². The van der Waals surface area contributed by atoms with Gasteiger partial charge < -0.3 is 20.3 Å². The van der Waals surface area contributed by atoms with Crippen LogP contribution in [0.3, 0.4) is 0 Å². The summed E-state index contributed by atoms with van der Waals surface area (Å²) in [6.45, 7) is 3.13. The van der Waals surface area contributed by atoms with Crippen molar-refractivity contribution < 1.29 is 19.1 Å². The highest BCUT2D eigenvalue weighted by Crippen LogP contribution is 2.21. The van der Waals surface area contributed by atoms with E-state index in [0.717, 1.165) is 6.54 Å². The first-order chi connectivity index (χ1) is 14.8. The third-order valence-corrected chi connectivity index (χ3v) is 4.73. The number of Topliss-reactive ketones (excluding diaryl/α,β-unsaturated/α-hetero) is 1. The summed E-state index contributed by atoms with van der Waals surface area (Å²) >= 11 is 6.21. The molecule has 2 aromatic carbocycles. The molecule has 0 bridgehead atoms. The first kappa shape index (κ1) is 24.4. The fourth-order valence-corrected chi connectivity index (χ4v) is 2.96. The average molecular weight is 446 g/mol.